The van der Waals surface area contributed by atoms with Crippen LogP contribution in [0.15, 0.2) is 75.8 Å². The van der Waals surface area contributed by atoms with E-state index >= 15 is 0 Å². The lowest BCUT2D eigenvalue weighted by Crippen LogP contribution is -2.13. The van der Waals surface area contributed by atoms with E-state index in [4.69, 9.17) is 27.9 Å². The highest BCUT2D eigenvalue weighted by molar-refractivity contribution is 7.85. The second kappa shape index (κ2) is 11.0. The molecule has 0 atom stereocenters. The number of phenolic OH excluding ortho intramolecular Hbond substituents is 1. The molecule has 4 aromatic carbocycles. The molecule has 4 rings (SSSR count). The summed E-state index contributed by atoms with van der Waals surface area (Å²) in [5.74, 6) is -0.748. The molecule has 1 amide bonds. The summed E-state index contributed by atoms with van der Waals surface area (Å²) in [7, 11) is -3.12. The molecule has 9 nitrogen and oxygen atoms in total. The topological polar surface area (TPSA) is 138 Å². The van der Waals surface area contributed by atoms with Crippen molar-refractivity contribution in [2.75, 3.05) is 12.4 Å². The van der Waals surface area contributed by atoms with Gasteiger partial charge in [0.25, 0.3) is 16.0 Å². The van der Waals surface area contributed by atoms with Gasteiger partial charge in [0, 0.05) is 15.4 Å². The zero-order chi connectivity index (χ0) is 27.6. The number of phenols is 1. The maximum atomic E-state index is 13.2. The number of carbonyl (C=O) groups is 1. The molecule has 0 aliphatic heterocycles. The third kappa shape index (κ3) is 5.58. The van der Waals surface area contributed by atoms with Crippen LogP contribution in [0.2, 0.25) is 10.0 Å². The minimum absolute atomic E-state index is 0.0262. The van der Waals surface area contributed by atoms with Crippen molar-refractivity contribution < 1.29 is 27.6 Å². The van der Waals surface area contributed by atoms with Crippen LogP contribution in [0.25, 0.3) is 10.8 Å². The van der Waals surface area contributed by atoms with Gasteiger partial charge in [-0.1, -0.05) is 54.4 Å². The Hall–Kier alpha value is -3.70. The van der Waals surface area contributed by atoms with Crippen LogP contribution < -0.4 is 10.1 Å². The Balaban J connectivity index is 1.85. The molecule has 196 valence electrons. The van der Waals surface area contributed by atoms with Gasteiger partial charge in [0.1, 0.15) is 11.4 Å². The van der Waals surface area contributed by atoms with E-state index in [1.807, 2.05) is 0 Å². The van der Waals surface area contributed by atoms with Crippen LogP contribution in [-0.2, 0) is 16.5 Å². The summed E-state index contributed by atoms with van der Waals surface area (Å²) < 4.78 is 38.2. The molecule has 0 saturated carbocycles. The van der Waals surface area contributed by atoms with Crippen LogP contribution in [0.3, 0.4) is 0 Å². The highest BCUT2D eigenvalue weighted by Gasteiger charge is 2.21. The van der Waals surface area contributed by atoms with Gasteiger partial charge in [0.15, 0.2) is 5.75 Å². The van der Waals surface area contributed by atoms with Gasteiger partial charge >= 0.3 is 0 Å². The van der Waals surface area contributed by atoms with E-state index < -0.39 is 26.7 Å². The van der Waals surface area contributed by atoms with Gasteiger partial charge in [-0.25, -0.2) is 0 Å². The van der Waals surface area contributed by atoms with Gasteiger partial charge in [-0.3, -0.25) is 9.35 Å². The van der Waals surface area contributed by atoms with Crippen molar-refractivity contribution >= 4 is 67.1 Å². The van der Waals surface area contributed by atoms with E-state index in [0.717, 1.165) is 12.1 Å². The molecule has 38 heavy (non-hydrogen) atoms. The van der Waals surface area contributed by atoms with Crippen molar-refractivity contribution in [2.24, 2.45) is 10.2 Å². The van der Waals surface area contributed by atoms with E-state index in [1.165, 1.54) is 19.2 Å². The lowest BCUT2D eigenvalue weighted by molar-refractivity contribution is 0.102. The number of nitrogens with zero attached hydrogens (tertiary/aromatic N) is 2. The van der Waals surface area contributed by atoms with Crippen LogP contribution in [-0.4, -0.2) is 31.1 Å². The number of amides is 1. The maximum Gasteiger partial charge on any atom is 0.294 e. The van der Waals surface area contributed by atoms with E-state index in [-0.39, 0.29) is 22.0 Å². The minimum atomic E-state index is -4.56. The van der Waals surface area contributed by atoms with Crippen molar-refractivity contribution in [2.45, 2.75) is 18.2 Å². The van der Waals surface area contributed by atoms with Crippen LogP contribution in [0.4, 0.5) is 17.1 Å². The molecule has 0 unspecified atom stereocenters. The van der Waals surface area contributed by atoms with E-state index in [9.17, 15) is 22.9 Å². The number of hydrogen-bond acceptors (Lipinski definition) is 7. The Labute approximate surface area is 228 Å². The average Bonchev–Trinajstić information content (AvgIpc) is 2.87. The fourth-order valence-electron chi connectivity index (χ4n) is 3.85. The summed E-state index contributed by atoms with van der Waals surface area (Å²) in [6.45, 7) is 1.79. The Kier molecular flexibility index (Phi) is 7.89. The number of aromatic hydroxyl groups is 1. The number of hydrogen-bond donors (Lipinski definition) is 3. The molecular formula is C26H21Cl2N3O6S. The number of anilines is 1. The Morgan fingerprint density at radius 1 is 1.05 bits per heavy atom. The van der Waals surface area contributed by atoms with Gasteiger partial charge in [0.05, 0.1) is 28.9 Å². The van der Waals surface area contributed by atoms with Gasteiger partial charge < -0.3 is 15.2 Å². The maximum absolute atomic E-state index is 13.2. The van der Waals surface area contributed by atoms with Crippen molar-refractivity contribution in [3.63, 3.8) is 0 Å². The third-order valence-electron chi connectivity index (χ3n) is 5.70. The Bertz CT molecular complexity index is 1710. The number of rotatable bonds is 7. The van der Waals surface area contributed by atoms with Gasteiger partial charge in [-0.05, 0) is 53.8 Å². The molecule has 0 aromatic heterocycles. The first-order chi connectivity index (χ1) is 18.0. The zero-order valence-electron chi connectivity index (χ0n) is 20.1. The molecule has 0 aliphatic carbocycles. The number of fused-ring (bicyclic) bond motifs is 1. The molecule has 12 heteroatoms. The summed E-state index contributed by atoms with van der Waals surface area (Å²) in [6.07, 6.45) is 0.385. The van der Waals surface area contributed by atoms with Crippen molar-refractivity contribution in [3.8, 4) is 11.5 Å². The molecule has 0 radical (unpaired) electrons. The zero-order valence-corrected chi connectivity index (χ0v) is 22.4. The highest BCUT2D eigenvalue weighted by Crippen LogP contribution is 2.41. The molecule has 0 spiro atoms. The lowest BCUT2D eigenvalue weighted by atomic mass is 10.0. The van der Waals surface area contributed by atoms with Crippen LogP contribution in [0.1, 0.15) is 22.8 Å². The molecule has 0 aliphatic rings. The van der Waals surface area contributed by atoms with Crippen molar-refractivity contribution in [1.29, 1.82) is 0 Å². The van der Waals surface area contributed by atoms with Gasteiger partial charge in [0.2, 0.25) is 0 Å². The predicted molar refractivity (Wildman–Crippen MR) is 146 cm³/mol. The minimum Gasteiger partial charge on any atom is -0.505 e. The highest BCUT2D eigenvalue weighted by atomic mass is 35.5. The van der Waals surface area contributed by atoms with Crippen LogP contribution in [0, 0.1) is 0 Å². The fourth-order valence-corrected chi connectivity index (χ4v) is 4.96. The number of azo groups is 1. The summed E-state index contributed by atoms with van der Waals surface area (Å²) in [6, 6.07) is 15.4. The van der Waals surface area contributed by atoms with E-state index in [2.05, 4.69) is 15.5 Å². The summed E-state index contributed by atoms with van der Waals surface area (Å²) in [5.41, 5.74) is 0.732. The van der Waals surface area contributed by atoms with Crippen molar-refractivity contribution in [1.82, 2.24) is 0 Å². The number of halogens is 2. The number of methoxy groups -OCH3 is 1. The molecular weight excluding hydrogens is 553 g/mol. The van der Waals surface area contributed by atoms with Crippen LogP contribution in [0.5, 0.6) is 11.5 Å². The standard InChI is InChI=1S/C26H21Cl2N3O6S/c1-3-17-20(28)12-16(38(34,35)36)13-21(17)30-31-24-18-7-5-4-6-14(18)10-19(25(24)32)26(33)29-22-11-15(27)8-9-23(22)37-2/h4-13,32H,3H2,1-2H3,(H,29,33)(H,34,35,36). The Morgan fingerprint density at radius 3 is 2.47 bits per heavy atom. The first-order valence-electron chi connectivity index (χ1n) is 11.1. The molecule has 0 heterocycles. The fraction of sp³-hybridized carbons (Fsp3) is 0.115. The monoisotopic (exact) mass is 573 g/mol. The molecule has 0 fully saturated rings. The Morgan fingerprint density at radius 2 is 1.79 bits per heavy atom. The molecule has 0 saturated heterocycles. The number of ether oxygens (including phenoxy) is 1. The third-order valence-corrected chi connectivity index (χ3v) is 7.11. The summed E-state index contributed by atoms with van der Waals surface area (Å²) >= 11 is 12.3. The smallest absolute Gasteiger partial charge is 0.294 e. The molecule has 4 aromatic rings. The largest absolute Gasteiger partial charge is 0.505 e. The van der Waals surface area contributed by atoms with Crippen molar-refractivity contribution in [3.05, 3.63) is 81.8 Å². The second-order valence-corrected chi connectivity index (χ2v) is 10.3. The first kappa shape index (κ1) is 27.3. The second-order valence-electron chi connectivity index (χ2n) is 8.07. The number of benzene rings is 4. The quantitative estimate of drug-likeness (QED) is 0.156. The van der Waals surface area contributed by atoms with E-state index in [1.54, 1.807) is 43.3 Å². The van der Waals surface area contributed by atoms with Crippen LogP contribution >= 0.6 is 23.2 Å². The normalized spacial score (nSPS) is 11.7. The predicted octanol–water partition coefficient (Wildman–Crippen LogP) is 7.34. The molecule has 0 bridgehead atoms. The molecule has 3 N–H and O–H groups in total. The number of nitrogens with one attached hydrogen (secondary N) is 1. The summed E-state index contributed by atoms with van der Waals surface area (Å²) in [5, 5.41) is 23.7. The van der Waals surface area contributed by atoms with Gasteiger partial charge in [-0.15, -0.1) is 5.11 Å². The summed E-state index contributed by atoms with van der Waals surface area (Å²) in [4.78, 5) is 12.8. The lowest BCUT2D eigenvalue weighted by Gasteiger charge is -2.13. The first-order valence-corrected chi connectivity index (χ1v) is 13.3. The van der Waals surface area contributed by atoms with E-state index in [0.29, 0.717) is 39.2 Å². The number of carbonyl (C=O) groups excluding carboxylic acids is 1. The average molecular weight is 574 g/mol. The van der Waals surface area contributed by atoms with Gasteiger partial charge in [-0.2, -0.15) is 13.5 Å². The SMILES string of the molecule is CCc1c(Cl)cc(S(=O)(=O)O)cc1N=Nc1c(O)c(C(=O)Nc2cc(Cl)ccc2OC)cc2ccccc12.